The number of nitrogens with one attached hydrogen (secondary N) is 1. The summed E-state index contributed by atoms with van der Waals surface area (Å²) in [6.07, 6.45) is 2.68. The zero-order chi connectivity index (χ0) is 13.0. The van der Waals surface area contributed by atoms with Crippen molar-refractivity contribution in [2.24, 2.45) is 0 Å². The number of hydrogen-bond donors (Lipinski definition) is 1. The fourth-order valence-electron chi connectivity index (χ4n) is 1.73. The molecule has 1 N–H and O–H groups in total. The quantitative estimate of drug-likeness (QED) is 0.899. The van der Waals surface area contributed by atoms with Crippen molar-refractivity contribution in [3.8, 4) is 0 Å². The van der Waals surface area contributed by atoms with E-state index in [1.807, 2.05) is 18.4 Å². The molecule has 2 rings (SSSR count). The number of hydrogen-bond acceptors (Lipinski definition) is 3. The zero-order valence-electron chi connectivity index (χ0n) is 9.99. The van der Waals surface area contributed by atoms with Gasteiger partial charge in [-0.15, -0.1) is 11.3 Å². The molecule has 0 aliphatic carbocycles. The van der Waals surface area contributed by atoms with Gasteiger partial charge in [-0.1, -0.05) is 15.9 Å². The van der Waals surface area contributed by atoms with E-state index in [0.717, 1.165) is 22.4 Å². The van der Waals surface area contributed by atoms with Crippen molar-refractivity contribution in [2.75, 3.05) is 6.54 Å². The SMILES string of the molecule is CC(NCCc1nccs1)c1cc(Br)ccc1F. The first-order valence-corrected chi connectivity index (χ1v) is 7.41. The van der Waals surface area contributed by atoms with Crippen LogP contribution in [-0.4, -0.2) is 11.5 Å². The lowest BCUT2D eigenvalue weighted by Crippen LogP contribution is -2.22. The number of rotatable bonds is 5. The first-order chi connectivity index (χ1) is 8.66. The lowest BCUT2D eigenvalue weighted by Gasteiger charge is -2.15. The topological polar surface area (TPSA) is 24.9 Å². The highest BCUT2D eigenvalue weighted by Crippen LogP contribution is 2.21. The molecule has 1 aromatic heterocycles. The Morgan fingerprint density at radius 2 is 2.33 bits per heavy atom. The van der Waals surface area contributed by atoms with Crippen LogP contribution in [-0.2, 0) is 6.42 Å². The number of halogens is 2. The van der Waals surface area contributed by atoms with E-state index in [4.69, 9.17) is 0 Å². The van der Waals surface area contributed by atoms with Crippen LogP contribution in [0.1, 0.15) is 23.5 Å². The molecule has 0 bridgehead atoms. The first-order valence-electron chi connectivity index (χ1n) is 5.73. The maximum Gasteiger partial charge on any atom is 0.128 e. The van der Waals surface area contributed by atoms with Gasteiger partial charge >= 0.3 is 0 Å². The van der Waals surface area contributed by atoms with Gasteiger partial charge in [-0.3, -0.25) is 0 Å². The molecule has 1 atom stereocenters. The average Bonchev–Trinajstić information content (AvgIpc) is 2.85. The predicted molar refractivity (Wildman–Crippen MR) is 76.3 cm³/mol. The van der Waals surface area contributed by atoms with Crippen molar-refractivity contribution < 1.29 is 4.39 Å². The molecule has 1 unspecified atom stereocenters. The summed E-state index contributed by atoms with van der Waals surface area (Å²) in [6, 6.07) is 5.00. The molecule has 1 heterocycles. The van der Waals surface area contributed by atoms with Crippen molar-refractivity contribution in [1.29, 1.82) is 0 Å². The minimum absolute atomic E-state index is 0.0116. The van der Waals surface area contributed by atoms with Crippen LogP contribution in [0.3, 0.4) is 0 Å². The van der Waals surface area contributed by atoms with E-state index in [9.17, 15) is 4.39 Å². The molecule has 0 saturated carbocycles. The fraction of sp³-hybridized carbons (Fsp3) is 0.308. The smallest absolute Gasteiger partial charge is 0.128 e. The van der Waals surface area contributed by atoms with Crippen molar-refractivity contribution >= 4 is 27.3 Å². The van der Waals surface area contributed by atoms with Gasteiger partial charge in [0, 0.05) is 40.6 Å². The van der Waals surface area contributed by atoms with Crippen molar-refractivity contribution in [3.63, 3.8) is 0 Å². The second-order valence-electron chi connectivity index (χ2n) is 4.02. The second kappa shape index (κ2) is 6.41. The number of aromatic nitrogens is 1. The van der Waals surface area contributed by atoms with E-state index in [1.54, 1.807) is 23.6 Å². The Balaban J connectivity index is 1.91. The molecule has 0 spiro atoms. The van der Waals surface area contributed by atoms with Gasteiger partial charge in [0.05, 0.1) is 5.01 Å². The summed E-state index contributed by atoms with van der Waals surface area (Å²) >= 11 is 5.00. The van der Waals surface area contributed by atoms with E-state index in [0.29, 0.717) is 5.56 Å². The van der Waals surface area contributed by atoms with E-state index in [1.165, 1.54) is 6.07 Å². The Morgan fingerprint density at radius 1 is 1.50 bits per heavy atom. The lowest BCUT2D eigenvalue weighted by molar-refractivity contribution is 0.530. The molecule has 0 aliphatic rings. The van der Waals surface area contributed by atoms with Gasteiger partial charge in [-0.25, -0.2) is 9.37 Å². The number of benzene rings is 1. The Morgan fingerprint density at radius 3 is 3.06 bits per heavy atom. The molecule has 96 valence electrons. The van der Waals surface area contributed by atoms with E-state index < -0.39 is 0 Å². The summed E-state index contributed by atoms with van der Waals surface area (Å²) in [5.41, 5.74) is 0.684. The van der Waals surface area contributed by atoms with Gasteiger partial charge in [0.2, 0.25) is 0 Å². The van der Waals surface area contributed by atoms with Crippen LogP contribution in [0.5, 0.6) is 0 Å². The Hall–Kier alpha value is -0.780. The largest absolute Gasteiger partial charge is 0.310 e. The fourth-order valence-corrected chi connectivity index (χ4v) is 2.73. The highest BCUT2D eigenvalue weighted by atomic mass is 79.9. The van der Waals surface area contributed by atoms with E-state index >= 15 is 0 Å². The Bertz CT molecular complexity index is 502. The summed E-state index contributed by atoms with van der Waals surface area (Å²) in [7, 11) is 0. The second-order valence-corrected chi connectivity index (χ2v) is 5.91. The van der Waals surface area contributed by atoms with Crippen molar-refractivity contribution in [2.45, 2.75) is 19.4 Å². The van der Waals surface area contributed by atoms with Gasteiger partial charge in [0.15, 0.2) is 0 Å². The minimum Gasteiger partial charge on any atom is -0.310 e. The zero-order valence-corrected chi connectivity index (χ0v) is 12.4. The monoisotopic (exact) mass is 328 g/mol. The highest BCUT2D eigenvalue weighted by Gasteiger charge is 2.10. The minimum atomic E-state index is -0.174. The van der Waals surface area contributed by atoms with Crippen LogP contribution in [0, 0.1) is 5.82 Å². The third kappa shape index (κ3) is 3.60. The number of thiazole rings is 1. The summed E-state index contributed by atoms with van der Waals surface area (Å²) in [5.74, 6) is -0.174. The summed E-state index contributed by atoms with van der Waals surface area (Å²) in [5, 5.41) is 6.38. The summed E-state index contributed by atoms with van der Waals surface area (Å²) < 4.78 is 14.5. The van der Waals surface area contributed by atoms with Crippen LogP contribution in [0.15, 0.2) is 34.2 Å². The normalized spacial score (nSPS) is 12.6. The van der Waals surface area contributed by atoms with Crippen molar-refractivity contribution in [1.82, 2.24) is 10.3 Å². The molecule has 2 nitrogen and oxygen atoms in total. The van der Waals surface area contributed by atoms with Crippen LogP contribution >= 0.6 is 27.3 Å². The summed E-state index contributed by atoms with van der Waals surface area (Å²) in [6.45, 7) is 2.76. The molecule has 0 radical (unpaired) electrons. The molecule has 2 aromatic rings. The standard InChI is InChI=1S/C13H14BrFN2S/c1-9(11-8-10(14)2-3-12(11)15)16-5-4-13-17-6-7-18-13/h2-3,6-9,16H,4-5H2,1H3. The average molecular weight is 329 g/mol. The molecule has 0 saturated heterocycles. The molecule has 18 heavy (non-hydrogen) atoms. The van der Waals surface area contributed by atoms with Gasteiger partial charge in [-0.05, 0) is 25.1 Å². The summed E-state index contributed by atoms with van der Waals surface area (Å²) in [4.78, 5) is 4.21. The Labute approximate surface area is 118 Å². The van der Waals surface area contributed by atoms with Gasteiger partial charge < -0.3 is 5.32 Å². The van der Waals surface area contributed by atoms with Crippen LogP contribution in [0.4, 0.5) is 4.39 Å². The molecular weight excluding hydrogens is 315 g/mol. The molecule has 1 aromatic carbocycles. The third-order valence-electron chi connectivity index (χ3n) is 2.70. The predicted octanol–water partition coefficient (Wildman–Crippen LogP) is 3.94. The molecule has 5 heteroatoms. The van der Waals surface area contributed by atoms with Crippen molar-refractivity contribution in [3.05, 3.63) is 50.6 Å². The molecule has 0 fully saturated rings. The van der Waals surface area contributed by atoms with Gasteiger partial charge in [0.1, 0.15) is 5.82 Å². The lowest BCUT2D eigenvalue weighted by atomic mass is 10.1. The highest BCUT2D eigenvalue weighted by molar-refractivity contribution is 9.10. The third-order valence-corrected chi connectivity index (χ3v) is 4.03. The number of nitrogens with zero attached hydrogens (tertiary/aromatic N) is 1. The first kappa shape index (κ1) is 13.6. The van der Waals surface area contributed by atoms with Crippen LogP contribution in [0.2, 0.25) is 0 Å². The molecule has 0 aliphatic heterocycles. The molecular formula is C13H14BrFN2S. The Kier molecular flexibility index (Phi) is 4.86. The van der Waals surface area contributed by atoms with Crippen LogP contribution in [0.25, 0.3) is 0 Å². The van der Waals surface area contributed by atoms with E-state index in [-0.39, 0.29) is 11.9 Å². The van der Waals surface area contributed by atoms with Gasteiger partial charge in [0.25, 0.3) is 0 Å². The molecule has 0 amide bonds. The van der Waals surface area contributed by atoms with Gasteiger partial charge in [-0.2, -0.15) is 0 Å². The maximum absolute atomic E-state index is 13.6. The maximum atomic E-state index is 13.6. The van der Waals surface area contributed by atoms with Crippen LogP contribution < -0.4 is 5.32 Å². The van der Waals surface area contributed by atoms with E-state index in [2.05, 4.69) is 26.2 Å².